The van der Waals surface area contributed by atoms with Gasteiger partial charge in [-0.15, -0.1) is 0 Å². The number of nitrogens with two attached hydrogens (primary N) is 1. The van der Waals surface area contributed by atoms with Crippen molar-refractivity contribution in [3.8, 4) is 0 Å². The average molecular weight is 246 g/mol. The summed E-state index contributed by atoms with van der Waals surface area (Å²) in [6.07, 6.45) is 0.984. The van der Waals surface area contributed by atoms with Crippen molar-refractivity contribution in [3.05, 3.63) is 34.1 Å². The lowest BCUT2D eigenvalue weighted by molar-refractivity contribution is 0.590. The van der Waals surface area contributed by atoms with Crippen LogP contribution in [0.4, 0.5) is 4.39 Å². The standard InChI is InChI=1S/C11H13ClFNS/c1-2-9-11(14)10-6(5-15-9)8(13)4-3-7(10)12/h3-4,9,11H,2,5,14H2,1H3. The Hall–Kier alpha value is -0.250. The molecule has 0 bridgehead atoms. The summed E-state index contributed by atoms with van der Waals surface area (Å²) in [5.74, 6) is 0.486. The highest BCUT2D eigenvalue weighted by molar-refractivity contribution is 7.99. The van der Waals surface area contributed by atoms with Crippen LogP contribution in [0.15, 0.2) is 12.1 Å². The Balaban J connectivity index is 2.50. The zero-order valence-electron chi connectivity index (χ0n) is 8.47. The molecule has 1 nitrogen and oxygen atoms in total. The zero-order valence-corrected chi connectivity index (χ0v) is 10.0. The normalized spacial score (nSPS) is 25.1. The number of fused-ring (bicyclic) bond motifs is 1. The molecule has 1 aromatic rings. The van der Waals surface area contributed by atoms with E-state index in [2.05, 4.69) is 6.92 Å². The van der Waals surface area contributed by atoms with E-state index < -0.39 is 0 Å². The molecule has 2 rings (SSSR count). The Kier molecular flexibility index (Phi) is 3.24. The Morgan fingerprint density at radius 2 is 2.33 bits per heavy atom. The average Bonchev–Trinajstić information content (AvgIpc) is 2.23. The second-order valence-corrected chi connectivity index (χ2v) is 5.34. The molecule has 1 aliphatic heterocycles. The van der Waals surface area contributed by atoms with Crippen LogP contribution in [-0.2, 0) is 5.75 Å². The third-order valence-electron chi connectivity index (χ3n) is 2.82. The molecule has 2 atom stereocenters. The monoisotopic (exact) mass is 245 g/mol. The first kappa shape index (κ1) is 11.2. The summed E-state index contributed by atoms with van der Waals surface area (Å²) in [4.78, 5) is 0. The first-order valence-corrected chi connectivity index (χ1v) is 6.41. The van der Waals surface area contributed by atoms with Crippen LogP contribution >= 0.6 is 23.4 Å². The fourth-order valence-electron chi connectivity index (χ4n) is 1.97. The van der Waals surface area contributed by atoms with Gasteiger partial charge in [0.1, 0.15) is 5.82 Å². The summed E-state index contributed by atoms with van der Waals surface area (Å²) >= 11 is 7.79. The number of benzene rings is 1. The second-order valence-electron chi connectivity index (χ2n) is 3.70. The Morgan fingerprint density at radius 3 is 3.00 bits per heavy atom. The maximum Gasteiger partial charge on any atom is 0.127 e. The minimum Gasteiger partial charge on any atom is -0.323 e. The SMILES string of the molecule is CCC1SCc2c(F)ccc(Cl)c2C1N. The van der Waals surface area contributed by atoms with Gasteiger partial charge in [-0.1, -0.05) is 18.5 Å². The third kappa shape index (κ3) is 1.88. The van der Waals surface area contributed by atoms with Crippen molar-refractivity contribution in [2.45, 2.75) is 30.4 Å². The minimum absolute atomic E-state index is 0.146. The van der Waals surface area contributed by atoms with Crippen molar-refractivity contribution >= 4 is 23.4 Å². The third-order valence-corrected chi connectivity index (χ3v) is 4.66. The van der Waals surface area contributed by atoms with Crippen LogP contribution in [0, 0.1) is 5.82 Å². The minimum atomic E-state index is -0.188. The number of hydrogen-bond donors (Lipinski definition) is 1. The van der Waals surface area contributed by atoms with E-state index in [1.165, 1.54) is 6.07 Å². The topological polar surface area (TPSA) is 26.0 Å². The molecule has 4 heteroatoms. The van der Waals surface area contributed by atoms with Gasteiger partial charge >= 0.3 is 0 Å². The van der Waals surface area contributed by atoms with E-state index in [1.54, 1.807) is 17.8 Å². The Bertz CT molecular complexity index is 383. The number of rotatable bonds is 1. The summed E-state index contributed by atoms with van der Waals surface area (Å²) in [6.45, 7) is 2.09. The predicted octanol–water partition coefficient (Wildman–Crippen LogP) is 3.50. The lowest BCUT2D eigenvalue weighted by atomic mass is 9.97. The van der Waals surface area contributed by atoms with E-state index in [1.807, 2.05) is 0 Å². The highest BCUT2D eigenvalue weighted by Crippen LogP contribution is 2.41. The molecule has 0 saturated carbocycles. The van der Waals surface area contributed by atoms with Gasteiger partial charge in [-0.05, 0) is 24.1 Å². The van der Waals surface area contributed by atoms with Crippen LogP contribution in [0.2, 0.25) is 5.02 Å². The summed E-state index contributed by atoms with van der Waals surface area (Å²) in [6, 6.07) is 2.87. The Morgan fingerprint density at radius 1 is 1.60 bits per heavy atom. The molecule has 0 saturated heterocycles. The summed E-state index contributed by atoms with van der Waals surface area (Å²) in [5.41, 5.74) is 7.59. The molecule has 0 aliphatic carbocycles. The maximum absolute atomic E-state index is 13.5. The summed E-state index contributed by atoms with van der Waals surface area (Å²) in [7, 11) is 0. The number of hydrogen-bond acceptors (Lipinski definition) is 2. The molecule has 1 aliphatic rings. The first-order chi connectivity index (χ1) is 7.15. The van der Waals surface area contributed by atoms with Crippen LogP contribution in [-0.4, -0.2) is 5.25 Å². The molecule has 1 heterocycles. The van der Waals surface area contributed by atoms with Crippen LogP contribution < -0.4 is 5.73 Å². The number of halogens is 2. The maximum atomic E-state index is 13.5. The quantitative estimate of drug-likeness (QED) is 0.820. The molecule has 2 N–H and O–H groups in total. The van der Waals surface area contributed by atoms with Crippen molar-refractivity contribution in [1.82, 2.24) is 0 Å². The van der Waals surface area contributed by atoms with Crippen molar-refractivity contribution in [1.29, 1.82) is 0 Å². The molecule has 15 heavy (non-hydrogen) atoms. The predicted molar refractivity (Wildman–Crippen MR) is 63.7 cm³/mol. The lowest BCUT2D eigenvalue weighted by Gasteiger charge is -2.30. The molecule has 0 spiro atoms. The van der Waals surface area contributed by atoms with E-state index in [0.29, 0.717) is 21.6 Å². The molecule has 0 aromatic heterocycles. The molecule has 82 valence electrons. The summed E-state index contributed by atoms with van der Waals surface area (Å²) in [5, 5.41) is 0.939. The van der Waals surface area contributed by atoms with E-state index in [-0.39, 0.29) is 11.9 Å². The zero-order chi connectivity index (χ0) is 11.0. The van der Waals surface area contributed by atoms with E-state index in [4.69, 9.17) is 17.3 Å². The molecular formula is C11H13ClFNS. The fourth-order valence-corrected chi connectivity index (χ4v) is 3.52. The van der Waals surface area contributed by atoms with Gasteiger partial charge in [0.15, 0.2) is 0 Å². The molecule has 2 unspecified atom stereocenters. The fraction of sp³-hybridized carbons (Fsp3) is 0.455. The first-order valence-electron chi connectivity index (χ1n) is 4.99. The van der Waals surface area contributed by atoms with Gasteiger partial charge in [-0.3, -0.25) is 0 Å². The van der Waals surface area contributed by atoms with Crippen LogP contribution in [0.5, 0.6) is 0 Å². The molecular weight excluding hydrogens is 233 g/mol. The van der Waals surface area contributed by atoms with Crippen LogP contribution in [0.3, 0.4) is 0 Å². The van der Waals surface area contributed by atoms with E-state index >= 15 is 0 Å². The molecule has 0 radical (unpaired) electrons. The van der Waals surface area contributed by atoms with E-state index in [9.17, 15) is 4.39 Å². The van der Waals surface area contributed by atoms with Crippen molar-refractivity contribution < 1.29 is 4.39 Å². The lowest BCUT2D eigenvalue weighted by Crippen LogP contribution is -2.28. The highest BCUT2D eigenvalue weighted by atomic mass is 35.5. The molecule has 0 amide bonds. The van der Waals surface area contributed by atoms with Gasteiger partial charge in [-0.25, -0.2) is 4.39 Å². The van der Waals surface area contributed by atoms with Gasteiger partial charge in [0, 0.05) is 27.6 Å². The molecule has 0 fully saturated rings. The van der Waals surface area contributed by atoms with Gasteiger partial charge in [0.25, 0.3) is 0 Å². The largest absolute Gasteiger partial charge is 0.323 e. The van der Waals surface area contributed by atoms with Gasteiger partial charge < -0.3 is 5.73 Å². The highest BCUT2D eigenvalue weighted by Gasteiger charge is 2.29. The van der Waals surface area contributed by atoms with Crippen molar-refractivity contribution in [3.63, 3.8) is 0 Å². The van der Waals surface area contributed by atoms with E-state index in [0.717, 1.165) is 12.0 Å². The van der Waals surface area contributed by atoms with Crippen molar-refractivity contribution in [2.24, 2.45) is 5.73 Å². The number of thioether (sulfide) groups is 1. The summed E-state index contributed by atoms with van der Waals surface area (Å²) < 4.78 is 13.5. The van der Waals surface area contributed by atoms with Gasteiger partial charge in [0.2, 0.25) is 0 Å². The second kappa shape index (κ2) is 4.32. The van der Waals surface area contributed by atoms with Gasteiger partial charge in [0.05, 0.1) is 0 Å². The molecule has 1 aromatic carbocycles. The van der Waals surface area contributed by atoms with Crippen molar-refractivity contribution in [2.75, 3.05) is 0 Å². The smallest absolute Gasteiger partial charge is 0.127 e. The van der Waals surface area contributed by atoms with Crippen LogP contribution in [0.25, 0.3) is 0 Å². The Labute approximate surface area is 98.2 Å². The van der Waals surface area contributed by atoms with Crippen LogP contribution in [0.1, 0.15) is 30.5 Å². The van der Waals surface area contributed by atoms with Gasteiger partial charge in [-0.2, -0.15) is 11.8 Å².